The number of benzene rings is 2. The van der Waals surface area contributed by atoms with Crippen LogP contribution in [0.25, 0.3) is 11.1 Å². The van der Waals surface area contributed by atoms with E-state index in [-0.39, 0.29) is 19.1 Å². The number of hydrogen-bond acceptors (Lipinski definition) is 4. The van der Waals surface area contributed by atoms with E-state index in [9.17, 15) is 19.5 Å². The topological polar surface area (TPSA) is 105 Å². The first kappa shape index (κ1) is 23.4. The lowest BCUT2D eigenvalue weighted by atomic mass is 9.71. The normalized spacial score (nSPS) is 20.8. The molecule has 1 fully saturated rings. The lowest BCUT2D eigenvalue weighted by Crippen LogP contribution is -2.52. The van der Waals surface area contributed by atoms with Gasteiger partial charge in [0.2, 0.25) is 0 Å². The molecular weight excluding hydrogens is 432 g/mol. The fourth-order valence-corrected chi connectivity index (χ4v) is 4.91. The monoisotopic (exact) mass is 460 g/mol. The van der Waals surface area contributed by atoms with Crippen LogP contribution in [0.4, 0.5) is 4.79 Å². The molecule has 0 aromatic heterocycles. The molecule has 0 heterocycles. The summed E-state index contributed by atoms with van der Waals surface area (Å²) in [4.78, 5) is 36.0. The van der Waals surface area contributed by atoms with Gasteiger partial charge in [-0.3, -0.25) is 9.59 Å². The Balaban J connectivity index is 1.27. The largest absolute Gasteiger partial charge is 0.481 e. The molecule has 7 nitrogen and oxygen atoms in total. The van der Waals surface area contributed by atoms with Gasteiger partial charge in [-0.2, -0.15) is 0 Å². The van der Waals surface area contributed by atoms with Gasteiger partial charge in [0.05, 0.1) is 12.0 Å². The number of fused-ring (bicyclic) bond motifs is 3. The second kappa shape index (κ2) is 10.0. The van der Waals surface area contributed by atoms with E-state index in [4.69, 9.17) is 4.74 Å². The Morgan fingerprint density at radius 1 is 1.06 bits per heavy atom. The molecule has 2 aromatic carbocycles. The van der Waals surface area contributed by atoms with Crippen molar-refractivity contribution in [2.45, 2.75) is 44.6 Å². The Morgan fingerprint density at radius 3 is 2.35 bits per heavy atom. The van der Waals surface area contributed by atoms with Crippen LogP contribution < -0.4 is 10.6 Å². The van der Waals surface area contributed by atoms with Gasteiger partial charge in [0.1, 0.15) is 6.61 Å². The van der Waals surface area contributed by atoms with E-state index in [1.165, 1.54) is 0 Å². The van der Waals surface area contributed by atoms with Crippen LogP contribution in [0.5, 0.6) is 0 Å². The number of alkyl carbamates (subject to hydrolysis) is 1. The molecule has 4 rings (SSSR count). The molecule has 2 unspecified atom stereocenters. The summed E-state index contributed by atoms with van der Waals surface area (Å²) in [6.07, 6.45) is 2.20. The fourth-order valence-electron chi connectivity index (χ4n) is 4.91. The minimum absolute atomic E-state index is 0.0333. The fraction of sp³-hybridized carbons (Fsp3) is 0.370. The van der Waals surface area contributed by atoms with Crippen molar-refractivity contribution in [1.82, 2.24) is 10.6 Å². The van der Waals surface area contributed by atoms with E-state index in [1.807, 2.05) is 36.4 Å². The third kappa shape index (κ3) is 4.76. The summed E-state index contributed by atoms with van der Waals surface area (Å²) >= 11 is 0. The summed E-state index contributed by atoms with van der Waals surface area (Å²) in [6, 6.07) is 15.7. The zero-order chi connectivity index (χ0) is 24.1. The van der Waals surface area contributed by atoms with Crippen molar-refractivity contribution in [3.8, 4) is 23.0 Å². The Labute approximate surface area is 198 Å². The zero-order valence-corrected chi connectivity index (χ0v) is 19.1. The quantitative estimate of drug-likeness (QED) is 0.591. The average Bonchev–Trinajstić information content (AvgIpc) is 3.16. The van der Waals surface area contributed by atoms with E-state index in [0.717, 1.165) is 35.1 Å². The predicted octanol–water partition coefficient (Wildman–Crippen LogP) is 3.68. The number of amides is 2. The number of ether oxygens (including phenoxy) is 1. The molecule has 176 valence electrons. The van der Waals surface area contributed by atoms with Crippen LogP contribution in [0.15, 0.2) is 48.5 Å². The molecule has 2 aliphatic rings. The minimum atomic E-state index is -0.991. The summed E-state index contributed by atoms with van der Waals surface area (Å²) < 4.78 is 5.44. The van der Waals surface area contributed by atoms with Crippen LogP contribution in [0, 0.1) is 17.3 Å². The molecular formula is C27H28N2O5. The molecule has 0 aliphatic heterocycles. The molecule has 2 amide bonds. The number of carboxylic acids is 1. The number of hydrogen-bond donors (Lipinski definition) is 3. The average molecular weight is 461 g/mol. The van der Waals surface area contributed by atoms with Gasteiger partial charge >= 0.3 is 12.1 Å². The van der Waals surface area contributed by atoms with Crippen LogP contribution in [-0.4, -0.2) is 42.3 Å². The molecule has 34 heavy (non-hydrogen) atoms. The maximum absolute atomic E-state index is 12.2. The van der Waals surface area contributed by atoms with E-state index < -0.39 is 29.4 Å². The van der Waals surface area contributed by atoms with Crippen molar-refractivity contribution >= 4 is 18.0 Å². The van der Waals surface area contributed by atoms with Gasteiger partial charge in [0, 0.05) is 12.0 Å². The van der Waals surface area contributed by atoms with Crippen molar-refractivity contribution < 1.29 is 24.2 Å². The number of carbonyl (C=O) groups excluding carboxylic acids is 2. The Hall–Kier alpha value is -3.79. The van der Waals surface area contributed by atoms with Crippen LogP contribution in [-0.2, 0) is 14.3 Å². The maximum atomic E-state index is 12.2. The zero-order valence-electron chi connectivity index (χ0n) is 19.1. The summed E-state index contributed by atoms with van der Waals surface area (Å²) in [7, 11) is 0. The molecule has 2 atom stereocenters. The first-order valence-electron chi connectivity index (χ1n) is 11.5. The van der Waals surface area contributed by atoms with Gasteiger partial charge in [-0.15, -0.1) is 0 Å². The third-order valence-electron chi connectivity index (χ3n) is 6.87. The van der Waals surface area contributed by atoms with E-state index in [2.05, 4.69) is 34.6 Å². The van der Waals surface area contributed by atoms with Crippen molar-refractivity contribution in [3.05, 3.63) is 59.7 Å². The molecule has 0 saturated heterocycles. The Bertz CT molecular complexity index is 1120. The number of rotatable bonds is 5. The van der Waals surface area contributed by atoms with Crippen molar-refractivity contribution in [2.75, 3.05) is 13.2 Å². The predicted molar refractivity (Wildman–Crippen MR) is 127 cm³/mol. The van der Waals surface area contributed by atoms with Crippen LogP contribution in [0.2, 0.25) is 0 Å². The molecule has 7 heteroatoms. The lowest BCUT2D eigenvalue weighted by Gasteiger charge is -2.37. The highest BCUT2D eigenvalue weighted by Crippen LogP contribution is 2.44. The molecule has 0 bridgehead atoms. The van der Waals surface area contributed by atoms with Gasteiger partial charge < -0.3 is 20.5 Å². The van der Waals surface area contributed by atoms with Crippen LogP contribution in [0.1, 0.15) is 49.7 Å². The Morgan fingerprint density at radius 2 is 1.71 bits per heavy atom. The van der Waals surface area contributed by atoms with Crippen molar-refractivity contribution in [3.63, 3.8) is 0 Å². The second-order valence-electron chi connectivity index (χ2n) is 8.98. The van der Waals surface area contributed by atoms with Gasteiger partial charge in [0.25, 0.3) is 5.91 Å². The molecule has 1 saturated carbocycles. The highest BCUT2D eigenvalue weighted by molar-refractivity contribution is 5.94. The number of aliphatic carboxylic acids is 1. The van der Waals surface area contributed by atoms with Crippen LogP contribution in [0.3, 0.4) is 0 Å². The molecule has 3 N–H and O–H groups in total. The maximum Gasteiger partial charge on any atom is 0.407 e. The number of carboxylic acid groups (broad SMARTS) is 1. The lowest BCUT2D eigenvalue weighted by molar-refractivity contribution is -0.151. The smallest absolute Gasteiger partial charge is 0.407 e. The second-order valence-corrected chi connectivity index (χ2v) is 8.98. The van der Waals surface area contributed by atoms with Gasteiger partial charge in [-0.1, -0.05) is 67.3 Å². The summed E-state index contributed by atoms with van der Waals surface area (Å²) in [5.74, 6) is 3.53. The van der Waals surface area contributed by atoms with E-state index >= 15 is 0 Å². The highest BCUT2D eigenvalue weighted by Gasteiger charge is 2.43. The highest BCUT2D eigenvalue weighted by atomic mass is 16.5. The first-order valence-corrected chi connectivity index (χ1v) is 11.5. The molecule has 0 radical (unpaired) electrons. The summed E-state index contributed by atoms with van der Waals surface area (Å²) in [5, 5.41) is 14.8. The Kier molecular flexibility index (Phi) is 6.87. The standard InChI is InChI=1S/C27H28N2O5/c1-27(25(31)32)15-7-6-13-23(27)29-24(30)14-8-16-28-26(33)34-17-22-20-11-4-2-9-18(20)19-10-3-5-12-21(19)22/h2-5,9-12,22-23H,6-7,13,15-17H2,1H3,(H,28,33)(H,29,30)(H,31,32). The van der Waals surface area contributed by atoms with Gasteiger partial charge in [0.15, 0.2) is 0 Å². The summed E-state index contributed by atoms with van der Waals surface area (Å²) in [6.45, 7) is 1.81. The molecule has 0 spiro atoms. The van der Waals surface area contributed by atoms with Crippen LogP contribution >= 0.6 is 0 Å². The van der Waals surface area contributed by atoms with Crippen molar-refractivity contribution in [2.24, 2.45) is 5.41 Å². The third-order valence-corrected chi connectivity index (χ3v) is 6.87. The number of carbonyl (C=O) groups is 3. The van der Waals surface area contributed by atoms with Gasteiger partial charge in [-0.05, 0) is 47.9 Å². The molecule has 2 aromatic rings. The first-order chi connectivity index (χ1) is 16.4. The van der Waals surface area contributed by atoms with Crippen molar-refractivity contribution in [1.29, 1.82) is 0 Å². The molecule has 2 aliphatic carbocycles. The summed E-state index contributed by atoms with van der Waals surface area (Å²) in [5.41, 5.74) is 3.57. The minimum Gasteiger partial charge on any atom is -0.481 e. The van der Waals surface area contributed by atoms with E-state index in [0.29, 0.717) is 12.8 Å². The van der Waals surface area contributed by atoms with Gasteiger partial charge in [-0.25, -0.2) is 4.79 Å². The SMILES string of the molecule is CC1(C(=O)O)CCCCC1NC(=O)C#CCNC(=O)OCC1c2ccccc2-c2ccccc21. The number of nitrogens with one attached hydrogen (secondary N) is 2. The van der Waals surface area contributed by atoms with E-state index in [1.54, 1.807) is 6.92 Å².